The highest BCUT2D eigenvalue weighted by atomic mass is 35.5. The summed E-state index contributed by atoms with van der Waals surface area (Å²) in [5.41, 5.74) is 2.36. The van der Waals surface area contributed by atoms with Gasteiger partial charge in [0.15, 0.2) is 0 Å². The van der Waals surface area contributed by atoms with Crippen molar-refractivity contribution in [2.24, 2.45) is 0 Å². The van der Waals surface area contributed by atoms with E-state index in [1.807, 2.05) is 24.4 Å². The van der Waals surface area contributed by atoms with E-state index in [0.29, 0.717) is 0 Å². The number of pyridine rings is 1. The minimum atomic E-state index is 0.206. The van der Waals surface area contributed by atoms with Crippen LogP contribution in [0.5, 0.6) is 0 Å². The molecule has 1 atom stereocenters. The molecule has 0 N–H and O–H groups in total. The van der Waals surface area contributed by atoms with Crippen LogP contribution in [0.15, 0.2) is 48.7 Å². The largest absolute Gasteiger partial charge is 0.301 e. The summed E-state index contributed by atoms with van der Waals surface area (Å²) in [4.78, 5) is 9.62. The van der Waals surface area contributed by atoms with Crippen LogP contribution < -0.4 is 0 Å². The highest BCUT2D eigenvalue weighted by molar-refractivity contribution is 6.30. The molecule has 2 heterocycles. The summed E-state index contributed by atoms with van der Waals surface area (Å²) >= 11 is 6.05. The van der Waals surface area contributed by atoms with E-state index in [4.69, 9.17) is 11.6 Å². The summed E-state index contributed by atoms with van der Waals surface area (Å²) in [6, 6.07) is 14.5. The first-order valence-electron chi connectivity index (χ1n) is 7.90. The van der Waals surface area contributed by atoms with Gasteiger partial charge in [0, 0.05) is 37.4 Å². The fraction of sp³-hybridized carbons (Fsp3) is 0.389. The van der Waals surface area contributed by atoms with Crippen molar-refractivity contribution < 1.29 is 0 Å². The number of aromatic nitrogens is 1. The van der Waals surface area contributed by atoms with Crippen LogP contribution in [-0.2, 0) is 0 Å². The maximum absolute atomic E-state index is 6.05. The molecule has 1 fully saturated rings. The molecule has 3 nitrogen and oxygen atoms in total. The normalized spacial score (nSPS) is 18.3. The van der Waals surface area contributed by atoms with Crippen LogP contribution in [0.2, 0.25) is 5.02 Å². The second kappa shape index (κ2) is 7.23. The lowest BCUT2D eigenvalue weighted by atomic mass is 10.0. The van der Waals surface area contributed by atoms with Crippen molar-refractivity contribution in [2.75, 3.05) is 32.7 Å². The second-order valence-corrected chi connectivity index (χ2v) is 6.12. The molecule has 3 rings (SSSR count). The standard InChI is InChI=1S/C18H22ClN3/c1-2-21-11-13-22(14-12-21)18(17-5-3-4-10-20-17)15-6-8-16(19)9-7-15/h3-10,18H,2,11-14H2,1H3. The molecule has 4 heteroatoms. The number of halogens is 1. The molecule has 0 aliphatic carbocycles. The SMILES string of the molecule is CCN1CCN(C(c2ccc(Cl)cc2)c2ccccn2)CC1. The Balaban J connectivity index is 1.88. The molecule has 0 amide bonds. The molecule has 1 aliphatic rings. The van der Waals surface area contributed by atoms with Crippen LogP contribution in [-0.4, -0.2) is 47.5 Å². The first kappa shape index (κ1) is 15.5. The predicted octanol–water partition coefficient (Wildman–Crippen LogP) is 3.46. The third kappa shape index (κ3) is 3.49. The summed E-state index contributed by atoms with van der Waals surface area (Å²) in [6.45, 7) is 7.73. The molecule has 1 aliphatic heterocycles. The van der Waals surface area contributed by atoms with Crippen molar-refractivity contribution >= 4 is 11.6 Å². The van der Waals surface area contributed by atoms with Crippen molar-refractivity contribution in [3.8, 4) is 0 Å². The molecular weight excluding hydrogens is 294 g/mol. The summed E-state index contributed by atoms with van der Waals surface area (Å²) in [5.74, 6) is 0. The Morgan fingerprint density at radius 3 is 2.36 bits per heavy atom. The molecule has 1 unspecified atom stereocenters. The van der Waals surface area contributed by atoms with Crippen molar-refractivity contribution in [3.63, 3.8) is 0 Å². The van der Waals surface area contributed by atoms with Crippen LogP contribution in [0.25, 0.3) is 0 Å². The molecule has 1 aromatic heterocycles. The Morgan fingerprint density at radius 1 is 1.05 bits per heavy atom. The number of piperazine rings is 1. The average Bonchev–Trinajstić information content (AvgIpc) is 2.58. The number of nitrogens with zero attached hydrogens (tertiary/aromatic N) is 3. The lowest BCUT2D eigenvalue weighted by Gasteiger charge is -2.39. The zero-order valence-corrected chi connectivity index (χ0v) is 13.7. The van der Waals surface area contributed by atoms with E-state index >= 15 is 0 Å². The van der Waals surface area contributed by atoms with E-state index < -0.39 is 0 Å². The molecule has 0 spiro atoms. The topological polar surface area (TPSA) is 19.4 Å². The summed E-state index contributed by atoms with van der Waals surface area (Å²) < 4.78 is 0. The molecule has 0 saturated carbocycles. The summed E-state index contributed by atoms with van der Waals surface area (Å²) in [7, 11) is 0. The van der Waals surface area contributed by atoms with E-state index in [9.17, 15) is 0 Å². The number of likely N-dealkylation sites (N-methyl/N-ethyl adjacent to an activating group) is 1. The molecule has 116 valence electrons. The summed E-state index contributed by atoms with van der Waals surface area (Å²) in [6.07, 6.45) is 1.88. The van der Waals surface area contributed by atoms with Crippen molar-refractivity contribution in [2.45, 2.75) is 13.0 Å². The quantitative estimate of drug-likeness (QED) is 0.861. The fourth-order valence-corrected chi connectivity index (χ4v) is 3.22. The van der Waals surface area contributed by atoms with Crippen molar-refractivity contribution in [1.82, 2.24) is 14.8 Å². The lowest BCUT2D eigenvalue weighted by molar-refractivity contribution is 0.112. The lowest BCUT2D eigenvalue weighted by Crippen LogP contribution is -2.47. The molecule has 2 aromatic rings. The average molecular weight is 316 g/mol. The van der Waals surface area contributed by atoms with Gasteiger partial charge >= 0.3 is 0 Å². The molecular formula is C18H22ClN3. The van der Waals surface area contributed by atoms with E-state index in [-0.39, 0.29) is 6.04 Å². The maximum atomic E-state index is 6.05. The Hall–Kier alpha value is -1.42. The molecule has 0 radical (unpaired) electrons. The van der Waals surface area contributed by atoms with Gasteiger partial charge in [0.1, 0.15) is 0 Å². The fourth-order valence-electron chi connectivity index (χ4n) is 3.09. The highest BCUT2D eigenvalue weighted by Crippen LogP contribution is 2.29. The monoisotopic (exact) mass is 315 g/mol. The zero-order chi connectivity index (χ0) is 15.4. The number of hydrogen-bond donors (Lipinski definition) is 0. The third-order valence-corrected chi connectivity index (χ3v) is 4.62. The molecule has 1 saturated heterocycles. The van der Waals surface area contributed by atoms with Gasteiger partial charge in [-0.2, -0.15) is 0 Å². The van der Waals surface area contributed by atoms with Gasteiger partial charge < -0.3 is 4.90 Å². The van der Waals surface area contributed by atoms with Gasteiger partial charge in [-0.15, -0.1) is 0 Å². The van der Waals surface area contributed by atoms with Gasteiger partial charge in [-0.1, -0.05) is 36.7 Å². The Kier molecular flexibility index (Phi) is 5.08. The van der Waals surface area contributed by atoms with Gasteiger partial charge in [-0.3, -0.25) is 9.88 Å². The first-order chi connectivity index (χ1) is 10.8. The van der Waals surface area contributed by atoms with E-state index in [1.54, 1.807) is 0 Å². The van der Waals surface area contributed by atoms with Crippen LogP contribution in [0.4, 0.5) is 0 Å². The second-order valence-electron chi connectivity index (χ2n) is 5.68. The minimum absolute atomic E-state index is 0.206. The maximum Gasteiger partial charge on any atom is 0.0777 e. The Bertz CT molecular complexity index is 577. The first-order valence-corrected chi connectivity index (χ1v) is 8.28. The Morgan fingerprint density at radius 2 is 1.77 bits per heavy atom. The Labute approximate surface area is 137 Å². The highest BCUT2D eigenvalue weighted by Gasteiger charge is 2.26. The molecule has 22 heavy (non-hydrogen) atoms. The predicted molar refractivity (Wildman–Crippen MR) is 91.2 cm³/mol. The number of rotatable bonds is 4. The smallest absolute Gasteiger partial charge is 0.0777 e. The van der Waals surface area contributed by atoms with Crippen LogP contribution >= 0.6 is 11.6 Å². The van der Waals surface area contributed by atoms with Gasteiger partial charge in [0.05, 0.1) is 11.7 Å². The van der Waals surface area contributed by atoms with Crippen LogP contribution in [0.3, 0.4) is 0 Å². The van der Waals surface area contributed by atoms with Crippen molar-refractivity contribution in [1.29, 1.82) is 0 Å². The van der Waals surface area contributed by atoms with Gasteiger partial charge in [-0.05, 0) is 36.4 Å². The van der Waals surface area contributed by atoms with E-state index in [1.165, 1.54) is 5.56 Å². The molecule has 1 aromatic carbocycles. The van der Waals surface area contributed by atoms with Gasteiger partial charge in [0.25, 0.3) is 0 Å². The van der Waals surface area contributed by atoms with Crippen molar-refractivity contribution in [3.05, 3.63) is 64.9 Å². The van der Waals surface area contributed by atoms with Crippen LogP contribution in [0.1, 0.15) is 24.2 Å². The minimum Gasteiger partial charge on any atom is -0.301 e. The van der Waals surface area contributed by atoms with Gasteiger partial charge in [-0.25, -0.2) is 0 Å². The summed E-state index contributed by atoms with van der Waals surface area (Å²) in [5, 5.41) is 0.777. The van der Waals surface area contributed by atoms with E-state index in [2.05, 4.69) is 46.0 Å². The zero-order valence-electron chi connectivity index (χ0n) is 13.0. The third-order valence-electron chi connectivity index (χ3n) is 4.37. The molecule has 0 bridgehead atoms. The van der Waals surface area contributed by atoms with E-state index in [0.717, 1.165) is 43.4 Å². The number of hydrogen-bond acceptors (Lipinski definition) is 3. The van der Waals surface area contributed by atoms with Crippen LogP contribution in [0, 0.1) is 0 Å². The number of benzene rings is 1. The van der Waals surface area contributed by atoms with Gasteiger partial charge in [0.2, 0.25) is 0 Å².